The number of carbonyl (C=O) groups is 1. The van der Waals surface area contributed by atoms with E-state index in [0.717, 1.165) is 16.7 Å². The second kappa shape index (κ2) is 5.80. The fraction of sp³-hybridized carbons (Fsp3) is 0.105. The van der Waals surface area contributed by atoms with Crippen LogP contribution >= 0.6 is 0 Å². The van der Waals surface area contributed by atoms with Gasteiger partial charge < -0.3 is 4.42 Å². The highest BCUT2D eigenvalue weighted by atomic mass is 16.3. The molecule has 0 aliphatic heterocycles. The van der Waals surface area contributed by atoms with E-state index in [2.05, 4.69) is 0 Å². The van der Waals surface area contributed by atoms with E-state index >= 15 is 0 Å². The van der Waals surface area contributed by atoms with Crippen molar-refractivity contribution < 1.29 is 9.21 Å². The summed E-state index contributed by atoms with van der Waals surface area (Å²) < 4.78 is 5.47. The minimum Gasteiger partial charge on any atom is -0.461 e. The Morgan fingerprint density at radius 1 is 0.905 bits per heavy atom. The van der Waals surface area contributed by atoms with E-state index in [0.29, 0.717) is 5.76 Å². The van der Waals surface area contributed by atoms with Gasteiger partial charge in [-0.3, -0.25) is 4.79 Å². The standard InChI is InChI=1S/C19H16O2/c1-14(15-8-4-2-5-9-15)18(20)19-17(12-13-21-19)16-10-6-3-7-11-16/h2-14H,1H3. The molecule has 3 rings (SSSR count). The lowest BCUT2D eigenvalue weighted by atomic mass is 9.93. The average molecular weight is 276 g/mol. The number of Topliss-reactive ketones (excluding diaryl/α,β-unsaturated/α-hetero) is 1. The Morgan fingerprint density at radius 3 is 2.19 bits per heavy atom. The van der Waals surface area contributed by atoms with Crippen LogP contribution < -0.4 is 0 Å². The van der Waals surface area contributed by atoms with Gasteiger partial charge in [-0.2, -0.15) is 0 Å². The molecule has 1 unspecified atom stereocenters. The van der Waals surface area contributed by atoms with Crippen LogP contribution in [0.25, 0.3) is 11.1 Å². The summed E-state index contributed by atoms with van der Waals surface area (Å²) in [5.41, 5.74) is 2.84. The first kappa shape index (κ1) is 13.4. The van der Waals surface area contributed by atoms with Crippen molar-refractivity contribution in [2.24, 2.45) is 0 Å². The Bertz CT molecular complexity index is 727. The lowest BCUT2D eigenvalue weighted by Crippen LogP contribution is -2.09. The Morgan fingerprint density at radius 2 is 1.52 bits per heavy atom. The second-order valence-corrected chi connectivity index (χ2v) is 5.03. The van der Waals surface area contributed by atoms with Gasteiger partial charge in [0.15, 0.2) is 5.76 Å². The van der Waals surface area contributed by atoms with Gasteiger partial charge >= 0.3 is 0 Å². The van der Waals surface area contributed by atoms with Crippen LogP contribution in [0.5, 0.6) is 0 Å². The Hall–Kier alpha value is -2.61. The number of ketones is 1. The summed E-state index contributed by atoms with van der Waals surface area (Å²) in [6.45, 7) is 1.91. The van der Waals surface area contributed by atoms with E-state index in [9.17, 15) is 4.79 Å². The van der Waals surface area contributed by atoms with E-state index in [1.807, 2.05) is 73.7 Å². The molecule has 2 aromatic carbocycles. The maximum atomic E-state index is 12.7. The molecule has 1 heterocycles. The Balaban J connectivity index is 1.95. The summed E-state index contributed by atoms with van der Waals surface area (Å²) in [5, 5.41) is 0. The van der Waals surface area contributed by atoms with Crippen molar-refractivity contribution in [2.45, 2.75) is 12.8 Å². The smallest absolute Gasteiger partial charge is 0.205 e. The zero-order valence-corrected chi connectivity index (χ0v) is 11.8. The molecular weight excluding hydrogens is 260 g/mol. The number of benzene rings is 2. The minimum atomic E-state index is -0.222. The molecule has 0 saturated carbocycles. The molecule has 0 aliphatic carbocycles. The maximum absolute atomic E-state index is 12.7. The molecule has 0 saturated heterocycles. The monoisotopic (exact) mass is 276 g/mol. The van der Waals surface area contributed by atoms with Crippen LogP contribution in [0.15, 0.2) is 77.4 Å². The van der Waals surface area contributed by atoms with Gasteiger partial charge in [-0.05, 0) is 17.2 Å². The average Bonchev–Trinajstić information content (AvgIpc) is 3.04. The first-order valence-electron chi connectivity index (χ1n) is 6.99. The lowest BCUT2D eigenvalue weighted by Gasteiger charge is -2.10. The molecule has 3 aromatic rings. The van der Waals surface area contributed by atoms with Gasteiger partial charge in [-0.15, -0.1) is 0 Å². The third-order valence-corrected chi connectivity index (χ3v) is 3.67. The predicted octanol–water partition coefficient (Wildman–Crippen LogP) is 4.93. The molecule has 0 N–H and O–H groups in total. The Labute approximate surface area is 124 Å². The maximum Gasteiger partial charge on any atom is 0.205 e. The topological polar surface area (TPSA) is 30.2 Å². The zero-order valence-electron chi connectivity index (χ0n) is 11.8. The fourth-order valence-electron chi connectivity index (χ4n) is 2.43. The van der Waals surface area contributed by atoms with Gasteiger partial charge in [0.2, 0.25) is 5.78 Å². The molecule has 0 radical (unpaired) electrons. The molecule has 1 atom stereocenters. The highest BCUT2D eigenvalue weighted by molar-refractivity contribution is 6.03. The van der Waals surface area contributed by atoms with Crippen LogP contribution in [0.1, 0.15) is 29.0 Å². The molecule has 2 nitrogen and oxygen atoms in total. The third-order valence-electron chi connectivity index (χ3n) is 3.67. The zero-order chi connectivity index (χ0) is 14.7. The second-order valence-electron chi connectivity index (χ2n) is 5.03. The van der Waals surface area contributed by atoms with E-state index in [4.69, 9.17) is 4.42 Å². The first-order valence-corrected chi connectivity index (χ1v) is 6.99. The van der Waals surface area contributed by atoms with Crippen LogP contribution in [0.4, 0.5) is 0 Å². The quantitative estimate of drug-likeness (QED) is 0.632. The number of rotatable bonds is 4. The number of hydrogen-bond acceptors (Lipinski definition) is 2. The normalized spacial score (nSPS) is 12.0. The highest BCUT2D eigenvalue weighted by Crippen LogP contribution is 2.29. The first-order chi connectivity index (χ1) is 10.3. The summed E-state index contributed by atoms with van der Waals surface area (Å²) in [4.78, 5) is 12.7. The molecule has 0 bridgehead atoms. The minimum absolute atomic E-state index is 0.00468. The van der Waals surface area contributed by atoms with E-state index in [1.165, 1.54) is 0 Å². The van der Waals surface area contributed by atoms with Gasteiger partial charge in [0, 0.05) is 11.5 Å². The summed E-state index contributed by atoms with van der Waals surface area (Å²) in [5.74, 6) is 0.211. The molecule has 21 heavy (non-hydrogen) atoms. The van der Waals surface area contributed by atoms with Crippen molar-refractivity contribution in [2.75, 3.05) is 0 Å². The lowest BCUT2D eigenvalue weighted by molar-refractivity contribution is 0.0939. The third kappa shape index (κ3) is 2.65. The van der Waals surface area contributed by atoms with Gasteiger partial charge in [-0.25, -0.2) is 0 Å². The summed E-state index contributed by atoms with van der Waals surface area (Å²) >= 11 is 0. The largest absolute Gasteiger partial charge is 0.461 e. The van der Waals surface area contributed by atoms with Crippen molar-refractivity contribution in [1.29, 1.82) is 0 Å². The number of carbonyl (C=O) groups excluding carboxylic acids is 1. The Kier molecular flexibility index (Phi) is 3.69. The fourth-order valence-corrected chi connectivity index (χ4v) is 2.43. The van der Waals surface area contributed by atoms with E-state index < -0.39 is 0 Å². The molecule has 0 fully saturated rings. The van der Waals surface area contributed by atoms with Crippen molar-refractivity contribution in [3.8, 4) is 11.1 Å². The van der Waals surface area contributed by atoms with Crippen molar-refractivity contribution in [3.05, 3.63) is 84.3 Å². The summed E-state index contributed by atoms with van der Waals surface area (Å²) in [7, 11) is 0. The van der Waals surface area contributed by atoms with Gasteiger partial charge in [0.25, 0.3) is 0 Å². The van der Waals surface area contributed by atoms with Crippen molar-refractivity contribution >= 4 is 5.78 Å². The van der Waals surface area contributed by atoms with Crippen LogP contribution in [0.2, 0.25) is 0 Å². The highest BCUT2D eigenvalue weighted by Gasteiger charge is 2.23. The van der Waals surface area contributed by atoms with Crippen LogP contribution in [-0.2, 0) is 0 Å². The van der Waals surface area contributed by atoms with Crippen LogP contribution in [0.3, 0.4) is 0 Å². The van der Waals surface area contributed by atoms with E-state index in [1.54, 1.807) is 6.26 Å². The number of furan rings is 1. The molecular formula is C19H16O2. The van der Waals surface area contributed by atoms with Crippen molar-refractivity contribution in [1.82, 2.24) is 0 Å². The van der Waals surface area contributed by atoms with Gasteiger partial charge in [0.05, 0.1) is 6.26 Å². The summed E-state index contributed by atoms with van der Waals surface area (Å²) in [6, 6.07) is 21.4. The predicted molar refractivity (Wildman–Crippen MR) is 83.3 cm³/mol. The molecule has 1 aromatic heterocycles. The molecule has 2 heteroatoms. The van der Waals surface area contributed by atoms with Crippen LogP contribution in [0, 0.1) is 0 Å². The molecule has 104 valence electrons. The molecule has 0 amide bonds. The van der Waals surface area contributed by atoms with Gasteiger partial charge in [0.1, 0.15) is 0 Å². The van der Waals surface area contributed by atoms with Crippen molar-refractivity contribution in [3.63, 3.8) is 0 Å². The van der Waals surface area contributed by atoms with Gasteiger partial charge in [-0.1, -0.05) is 67.6 Å². The molecule has 0 spiro atoms. The van der Waals surface area contributed by atoms with Crippen LogP contribution in [-0.4, -0.2) is 5.78 Å². The summed E-state index contributed by atoms with van der Waals surface area (Å²) in [6.07, 6.45) is 1.58. The SMILES string of the molecule is CC(C(=O)c1occc1-c1ccccc1)c1ccccc1. The molecule has 0 aliphatic rings. The number of hydrogen-bond donors (Lipinski definition) is 0. The van der Waals surface area contributed by atoms with E-state index in [-0.39, 0.29) is 11.7 Å².